The predicted octanol–water partition coefficient (Wildman–Crippen LogP) is 3.22. The van der Waals surface area contributed by atoms with Gasteiger partial charge in [0.15, 0.2) is 0 Å². The summed E-state index contributed by atoms with van der Waals surface area (Å²) in [7, 11) is 1.66. The number of fused-ring (bicyclic) bond motifs is 2. The average Bonchev–Trinajstić information content (AvgIpc) is 3.48. The van der Waals surface area contributed by atoms with E-state index in [9.17, 15) is 15.3 Å². The van der Waals surface area contributed by atoms with Crippen LogP contribution >= 0.6 is 0 Å². The van der Waals surface area contributed by atoms with Gasteiger partial charge >= 0.3 is 0 Å². The number of rotatable bonds is 8. The van der Waals surface area contributed by atoms with E-state index >= 15 is 0 Å². The molecule has 1 aromatic carbocycles. The minimum atomic E-state index is -0.349. The van der Waals surface area contributed by atoms with Crippen LogP contribution in [0.25, 0.3) is 0 Å². The summed E-state index contributed by atoms with van der Waals surface area (Å²) in [5, 5.41) is 20.3. The van der Waals surface area contributed by atoms with E-state index in [0.29, 0.717) is 63.7 Å². The smallest absolute Gasteiger partial charge is 0.246 e. The summed E-state index contributed by atoms with van der Waals surface area (Å²) in [5.41, 5.74) is 7.25. The molecule has 4 heterocycles. The van der Waals surface area contributed by atoms with Crippen LogP contribution in [0.1, 0.15) is 47.2 Å². The number of nitriles is 2. The van der Waals surface area contributed by atoms with E-state index in [2.05, 4.69) is 57.5 Å². The third-order valence-corrected chi connectivity index (χ3v) is 9.87. The van der Waals surface area contributed by atoms with Crippen molar-refractivity contribution in [1.29, 1.82) is 10.5 Å². The van der Waals surface area contributed by atoms with Crippen LogP contribution < -0.4 is 14.5 Å². The van der Waals surface area contributed by atoms with E-state index in [1.807, 2.05) is 0 Å². The lowest BCUT2D eigenvalue weighted by Crippen LogP contribution is -2.55. The van der Waals surface area contributed by atoms with Crippen LogP contribution in [0, 0.1) is 35.0 Å². The molecule has 0 N–H and O–H groups in total. The van der Waals surface area contributed by atoms with Gasteiger partial charge in [-0.1, -0.05) is 24.6 Å². The lowest BCUT2D eigenvalue weighted by atomic mass is 9.89. The van der Waals surface area contributed by atoms with E-state index in [1.165, 1.54) is 35.7 Å². The molecule has 6 rings (SSSR count). The van der Waals surface area contributed by atoms with E-state index in [4.69, 9.17) is 20.9 Å². The van der Waals surface area contributed by atoms with E-state index in [1.54, 1.807) is 12.0 Å². The van der Waals surface area contributed by atoms with Gasteiger partial charge in [0, 0.05) is 57.6 Å². The number of carbonyl (C=O) groups excluding carboxylic acids is 1. The van der Waals surface area contributed by atoms with Crippen LogP contribution in [-0.2, 0) is 35.3 Å². The van der Waals surface area contributed by atoms with E-state index in [-0.39, 0.29) is 30.6 Å². The summed E-state index contributed by atoms with van der Waals surface area (Å²) in [6.07, 6.45) is 11.8. The second-order valence-electron chi connectivity index (χ2n) is 12.5. The first-order chi connectivity index (χ1) is 22.5. The molecule has 3 aliphatic heterocycles. The molecule has 4 aliphatic rings. The number of nitrogens with zero attached hydrogens (tertiary/aromatic N) is 7. The summed E-state index contributed by atoms with van der Waals surface area (Å²) >= 11 is 0. The van der Waals surface area contributed by atoms with Crippen molar-refractivity contribution in [2.24, 2.45) is 0 Å². The Morgan fingerprint density at radius 2 is 1.91 bits per heavy atom. The number of hydrogen-bond donors (Lipinski definition) is 0. The number of aryl methyl sites for hydroxylation is 1. The SMILES string of the molecule is C#CCN1C[C@@H](OC)[C@H](Oc2nc3c(c(N4CCN(C(=O)C=C)[C@@H](CC#N)C4)c2C#N)CCN(c2cccc4c2CCCC4)C3)C1. The average molecular weight is 620 g/mol. The highest BCUT2D eigenvalue weighted by Gasteiger charge is 2.38. The Hall–Kier alpha value is -4.56. The van der Waals surface area contributed by atoms with Gasteiger partial charge in [-0.15, -0.1) is 6.42 Å². The number of anilines is 2. The molecule has 2 aromatic rings. The Morgan fingerprint density at radius 1 is 1.09 bits per heavy atom. The van der Waals surface area contributed by atoms with Crippen molar-refractivity contribution in [3.05, 3.63) is 58.8 Å². The Kier molecular flexibility index (Phi) is 9.45. The van der Waals surface area contributed by atoms with Gasteiger partial charge in [-0.2, -0.15) is 10.5 Å². The van der Waals surface area contributed by atoms with Gasteiger partial charge in [-0.05, 0) is 55.4 Å². The molecule has 0 bridgehead atoms. The highest BCUT2D eigenvalue weighted by atomic mass is 16.5. The fourth-order valence-electron chi connectivity index (χ4n) is 7.64. The topological polar surface area (TPSA) is 109 Å². The van der Waals surface area contributed by atoms with E-state index in [0.717, 1.165) is 36.3 Å². The van der Waals surface area contributed by atoms with Crippen LogP contribution in [0.4, 0.5) is 11.4 Å². The molecule has 2 fully saturated rings. The van der Waals surface area contributed by atoms with Crippen molar-refractivity contribution in [2.45, 2.75) is 63.3 Å². The molecule has 10 heteroatoms. The predicted molar refractivity (Wildman–Crippen MR) is 175 cm³/mol. The number of terminal acetylenes is 1. The fourth-order valence-corrected chi connectivity index (χ4v) is 7.64. The number of benzene rings is 1. The van der Waals surface area contributed by atoms with E-state index < -0.39 is 0 Å². The maximum absolute atomic E-state index is 12.7. The maximum Gasteiger partial charge on any atom is 0.246 e. The van der Waals surface area contributed by atoms with Crippen LogP contribution in [-0.4, -0.2) is 91.9 Å². The zero-order valence-corrected chi connectivity index (χ0v) is 26.6. The Labute approximate surface area is 271 Å². The van der Waals surface area contributed by atoms with Crippen molar-refractivity contribution in [1.82, 2.24) is 14.8 Å². The standard InChI is InChI=1S/C36H41N7O3/c1-4-16-40-23-32(45-3)33(24-40)46-36-29(20-38)35(42-18-19-43(34(44)5-2)26(21-42)13-15-37)28-14-17-41(22-30(28)39-36)31-12-8-10-25-9-6-7-11-27(25)31/h1,5,8,10,12,26,32-33H,2,6-7,9,11,13-14,16-19,21-24H2,3H3/t26-,32+,33+/m0/s1. The summed E-state index contributed by atoms with van der Waals surface area (Å²) in [5.74, 6) is 2.81. The minimum absolute atomic E-state index is 0.185. The van der Waals surface area contributed by atoms with Crippen molar-refractivity contribution in [3.63, 3.8) is 0 Å². The monoisotopic (exact) mass is 619 g/mol. The molecular weight excluding hydrogens is 578 g/mol. The molecule has 46 heavy (non-hydrogen) atoms. The van der Waals surface area contributed by atoms with Crippen LogP contribution in [0.15, 0.2) is 30.9 Å². The Morgan fingerprint density at radius 3 is 2.67 bits per heavy atom. The molecule has 0 unspecified atom stereocenters. The number of pyridine rings is 1. The quantitative estimate of drug-likeness (QED) is 0.325. The molecule has 3 atom stereocenters. The third-order valence-electron chi connectivity index (χ3n) is 9.87. The van der Waals surface area contributed by atoms with Crippen molar-refractivity contribution in [2.75, 3.05) is 62.7 Å². The summed E-state index contributed by atoms with van der Waals surface area (Å²) < 4.78 is 12.4. The largest absolute Gasteiger partial charge is 0.469 e. The second-order valence-corrected chi connectivity index (χ2v) is 12.5. The molecule has 10 nitrogen and oxygen atoms in total. The fraction of sp³-hybridized carbons (Fsp3) is 0.500. The molecule has 0 saturated carbocycles. The van der Waals surface area contributed by atoms with Gasteiger partial charge in [0.1, 0.15) is 23.8 Å². The van der Waals surface area contributed by atoms with Crippen molar-refractivity contribution >= 4 is 17.3 Å². The highest BCUT2D eigenvalue weighted by molar-refractivity contribution is 5.87. The molecule has 0 spiro atoms. The van der Waals surface area contributed by atoms with Crippen LogP contribution in [0.2, 0.25) is 0 Å². The van der Waals surface area contributed by atoms with Gasteiger partial charge < -0.3 is 24.2 Å². The zero-order valence-electron chi connectivity index (χ0n) is 26.6. The Balaban J connectivity index is 1.40. The molecule has 1 aromatic heterocycles. The maximum atomic E-state index is 12.7. The molecule has 2 saturated heterocycles. The number of ether oxygens (including phenoxy) is 2. The molecule has 1 amide bonds. The van der Waals surface area contributed by atoms with Crippen molar-refractivity contribution < 1.29 is 14.3 Å². The lowest BCUT2D eigenvalue weighted by molar-refractivity contribution is -0.128. The summed E-state index contributed by atoms with van der Waals surface area (Å²) in [6, 6.07) is 11.0. The number of carbonyl (C=O) groups is 1. The number of methoxy groups -OCH3 is 1. The van der Waals surface area contributed by atoms with Gasteiger partial charge in [-0.25, -0.2) is 4.98 Å². The first-order valence-corrected chi connectivity index (χ1v) is 16.2. The van der Waals surface area contributed by atoms with Crippen LogP contribution in [0.5, 0.6) is 5.88 Å². The van der Waals surface area contributed by atoms with Crippen LogP contribution in [0.3, 0.4) is 0 Å². The molecule has 0 radical (unpaired) electrons. The van der Waals surface area contributed by atoms with Gasteiger partial charge in [0.25, 0.3) is 0 Å². The number of amides is 1. The van der Waals surface area contributed by atoms with Gasteiger partial charge in [-0.3, -0.25) is 9.69 Å². The lowest BCUT2D eigenvalue weighted by Gasteiger charge is -2.43. The van der Waals surface area contributed by atoms with Crippen molar-refractivity contribution in [3.8, 4) is 30.4 Å². The first kappa shape index (κ1) is 31.4. The summed E-state index contributed by atoms with van der Waals surface area (Å²) in [4.78, 5) is 26.1. The molecule has 238 valence electrons. The summed E-state index contributed by atoms with van der Waals surface area (Å²) in [6.45, 7) is 8.10. The minimum Gasteiger partial charge on any atom is -0.469 e. The van der Waals surface area contributed by atoms with Gasteiger partial charge in [0.05, 0.1) is 43.0 Å². The highest BCUT2D eigenvalue weighted by Crippen LogP contribution is 2.40. The first-order valence-electron chi connectivity index (χ1n) is 16.2. The number of hydrogen-bond acceptors (Lipinski definition) is 9. The van der Waals surface area contributed by atoms with Gasteiger partial charge in [0.2, 0.25) is 11.8 Å². The molecular formula is C36H41N7O3. The number of piperazine rings is 1. The number of aromatic nitrogens is 1. The Bertz CT molecular complexity index is 1620. The molecule has 1 aliphatic carbocycles. The zero-order chi connectivity index (χ0) is 32.2. The second kappa shape index (κ2) is 13.8. The third kappa shape index (κ3) is 6.01. The normalized spacial score (nSPS) is 22.7. The number of likely N-dealkylation sites (tertiary alicyclic amines) is 1.